The van der Waals surface area contributed by atoms with E-state index in [4.69, 9.17) is 20.8 Å². The maximum atomic E-state index is 12.1. The number of halogens is 1. The number of aliphatic hydroxyl groups is 1. The average molecular weight is 549 g/mol. The fourth-order valence-electron chi connectivity index (χ4n) is 3.68. The van der Waals surface area contributed by atoms with Crippen LogP contribution in [-0.2, 0) is 21.2 Å². The van der Waals surface area contributed by atoms with Gasteiger partial charge in [0.25, 0.3) is 0 Å². The Kier molecular flexibility index (Phi) is 8.70. The van der Waals surface area contributed by atoms with Crippen molar-refractivity contribution >= 4 is 33.2 Å². The van der Waals surface area contributed by atoms with E-state index >= 15 is 0 Å². The lowest BCUT2D eigenvalue weighted by Gasteiger charge is -2.30. The smallest absolute Gasteiger partial charge is 0.231 e. The first-order valence-corrected chi connectivity index (χ1v) is 14.1. The third kappa shape index (κ3) is 7.68. The lowest BCUT2D eigenvalue weighted by atomic mass is 10.1. The number of hydrogen-bond donors (Lipinski definition) is 3. The number of carbonyl (C=O) groups excluding carboxylic acids is 1. The zero-order valence-corrected chi connectivity index (χ0v) is 21.9. The minimum absolute atomic E-state index is 0.0337. The number of nitrogens with one attached hydrogen (secondary N) is 2. The van der Waals surface area contributed by atoms with Gasteiger partial charge >= 0.3 is 0 Å². The van der Waals surface area contributed by atoms with Gasteiger partial charge in [0.05, 0.1) is 23.1 Å². The molecular formula is C25H29ClN4O6S. The fourth-order valence-corrected chi connectivity index (χ4v) is 4.47. The van der Waals surface area contributed by atoms with Crippen molar-refractivity contribution in [2.45, 2.75) is 18.9 Å². The molecule has 0 saturated carbocycles. The van der Waals surface area contributed by atoms with E-state index < -0.39 is 16.1 Å². The molecule has 37 heavy (non-hydrogen) atoms. The van der Waals surface area contributed by atoms with Crippen LogP contribution in [0.5, 0.6) is 5.75 Å². The van der Waals surface area contributed by atoms with E-state index in [2.05, 4.69) is 15.0 Å². The average Bonchev–Trinajstić information content (AvgIpc) is 3.27. The molecule has 0 spiro atoms. The van der Waals surface area contributed by atoms with Gasteiger partial charge in [-0.05, 0) is 48.4 Å². The number of benzene rings is 2. The Labute approximate surface area is 220 Å². The summed E-state index contributed by atoms with van der Waals surface area (Å²) in [6, 6.07) is 12.1. The highest BCUT2D eigenvalue weighted by atomic mass is 35.5. The SMILES string of the molecule is CS(=O)(=O)Nc1cc(C(O)CNCCOc2ccc(-c3coc(CC(=O)N4CCC4)n3)cc2)ccc1Cl. The predicted molar refractivity (Wildman–Crippen MR) is 140 cm³/mol. The van der Waals surface area contributed by atoms with E-state index in [1.807, 2.05) is 24.3 Å². The molecular weight excluding hydrogens is 520 g/mol. The second kappa shape index (κ2) is 12.0. The monoisotopic (exact) mass is 548 g/mol. The van der Waals surface area contributed by atoms with Gasteiger partial charge in [-0.3, -0.25) is 9.52 Å². The van der Waals surface area contributed by atoms with Gasteiger partial charge < -0.3 is 24.5 Å². The number of nitrogens with zero attached hydrogens (tertiary/aromatic N) is 2. The zero-order valence-electron chi connectivity index (χ0n) is 20.3. The maximum Gasteiger partial charge on any atom is 0.231 e. The first-order valence-electron chi connectivity index (χ1n) is 11.8. The van der Waals surface area contributed by atoms with E-state index in [0.717, 1.165) is 31.3 Å². The topological polar surface area (TPSA) is 134 Å². The molecule has 12 heteroatoms. The Hall–Kier alpha value is -3.12. The van der Waals surface area contributed by atoms with Crippen molar-refractivity contribution < 1.29 is 27.5 Å². The lowest BCUT2D eigenvalue weighted by molar-refractivity contribution is -0.134. The molecule has 2 aromatic carbocycles. The normalized spacial score (nSPS) is 14.2. The number of aliphatic hydroxyl groups excluding tert-OH is 1. The van der Waals surface area contributed by atoms with Crippen molar-refractivity contribution in [3.05, 3.63) is 65.2 Å². The molecule has 2 heterocycles. The van der Waals surface area contributed by atoms with Crippen LogP contribution in [0.25, 0.3) is 11.3 Å². The number of rotatable bonds is 12. The Bertz CT molecular complexity index is 1330. The number of ether oxygens (including phenoxy) is 1. The quantitative estimate of drug-likeness (QED) is 0.294. The first kappa shape index (κ1) is 26.9. The van der Waals surface area contributed by atoms with Crippen LogP contribution < -0.4 is 14.8 Å². The fraction of sp³-hybridized carbons (Fsp3) is 0.360. The minimum atomic E-state index is -3.49. The molecule has 3 aromatic rings. The molecule has 1 saturated heterocycles. The summed E-state index contributed by atoms with van der Waals surface area (Å²) >= 11 is 6.03. The third-order valence-electron chi connectivity index (χ3n) is 5.77. The van der Waals surface area contributed by atoms with Gasteiger partial charge in [0.2, 0.25) is 21.8 Å². The zero-order chi connectivity index (χ0) is 26.4. The number of hydrogen-bond acceptors (Lipinski definition) is 8. The number of sulfonamides is 1. The summed E-state index contributed by atoms with van der Waals surface area (Å²) in [5.74, 6) is 1.12. The molecule has 0 aliphatic carbocycles. The van der Waals surface area contributed by atoms with Crippen LogP contribution in [0.4, 0.5) is 5.69 Å². The van der Waals surface area contributed by atoms with Gasteiger partial charge in [-0.15, -0.1) is 0 Å². The third-order valence-corrected chi connectivity index (χ3v) is 6.69. The summed E-state index contributed by atoms with van der Waals surface area (Å²) in [6.07, 6.45) is 2.94. The minimum Gasteiger partial charge on any atom is -0.492 e. The molecule has 1 aliphatic heterocycles. The van der Waals surface area contributed by atoms with Crippen LogP contribution in [0.2, 0.25) is 5.02 Å². The predicted octanol–water partition coefficient (Wildman–Crippen LogP) is 2.84. The number of oxazole rings is 1. The van der Waals surface area contributed by atoms with Crippen LogP contribution in [0.15, 0.2) is 53.1 Å². The van der Waals surface area contributed by atoms with Crippen LogP contribution in [0, 0.1) is 0 Å². The Morgan fingerprint density at radius 1 is 1.24 bits per heavy atom. The maximum absolute atomic E-state index is 12.1. The van der Waals surface area contributed by atoms with Gasteiger partial charge in [-0.2, -0.15) is 0 Å². The number of amides is 1. The highest BCUT2D eigenvalue weighted by molar-refractivity contribution is 7.92. The molecule has 3 N–H and O–H groups in total. The summed E-state index contributed by atoms with van der Waals surface area (Å²) in [6.45, 7) is 2.71. The standard InChI is InChI=1S/C25H29ClN4O6S/c1-37(33,34)29-21-13-18(5-8-20(21)26)23(31)15-27-9-12-35-19-6-3-17(4-7-19)22-16-36-24(28-22)14-25(32)30-10-2-11-30/h3-8,13,16,23,27,29,31H,2,9-12,14-15H2,1H3. The van der Waals surface area contributed by atoms with Gasteiger partial charge in [0.1, 0.15) is 30.7 Å². The van der Waals surface area contributed by atoms with E-state index in [9.17, 15) is 18.3 Å². The summed E-state index contributed by atoms with van der Waals surface area (Å²) in [7, 11) is -3.49. The number of aromatic nitrogens is 1. The molecule has 1 unspecified atom stereocenters. The molecule has 1 amide bonds. The Balaban J connectivity index is 1.20. The highest BCUT2D eigenvalue weighted by Gasteiger charge is 2.22. The summed E-state index contributed by atoms with van der Waals surface area (Å²) in [5.41, 5.74) is 2.26. The van der Waals surface area contributed by atoms with E-state index in [-0.39, 0.29) is 29.6 Å². The van der Waals surface area contributed by atoms with E-state index in [1.165, 1.54) is 12.1 Å². The van der Waals surface area contributed by atoms with Crippen LogP contribution in [0.1, 0.15) is 24.0 Å². The molecule has 0 radical (unpaired) electrons. The second-order valence-electron chi connectivity index (χ2n) is 8.74. The number of anilines is 1. The molecule has 10 nitrogen and oxygen atoms in total. The Morgan fingerprint density at radius 2 is 2.00 bits per heavy atom. The van der Waals surface area contributed by atoms with Gasteiger partial charge in [0.15, 0.2) is 0 Å². The van der Waals surface area contributed by atoms with Crippen LogP contribution in [-0.4, -0.2) is 68.4 Å². The number of likely N-dealkylation sites (tertiary alicyclic amines) is 1. The van der Waals surface area contributed by atoms with Gasteiger partial charge in [-0.25, -0.2) is 13.4 Å². The second-order valence-corrected chi connectivity index (χ2v) is 10.9. The largest absolute Gasteiger partial charge is 0.492 e. The van der Waals surface area contributed by atoms with Crippen molar-refractivity contribution in [1.29, 1.82) is 0 Å². The van der Waals surface area contributed by atoms with Crippen molar-refractivity contribution in [2.24, 2.45) is 0 Å². The van der Waals surface area contributed by atoms with Crippen LogP contribution >= 0.6 is 11.6 Å². The molecule has 1 fully saturated rings. The van der Waals surface area contributed by atoms with Gasteiger partial charge in [-0.1, -0.05) is 17.7 Å². The molecule has 0 bridgehead atoms. The summed E-state index contributed by atoms with van der Waals surface area (Å²) in [4.78, 5) is 18.3. The van der Waals surface area contributed by atoms with E-state index in [1.54, 1.807) is 17.2 Å². The van der Waals surface area contributed by atoms with Crippen LogP contribution in [0.3, 0.4) is 0 Å². The summed E-state index contributed by atoms with van der Waals surface area (Å²) < 4.78 is 36.5. The molecule has 198 valence electrons. The van der Waals surface area contributed by atoms with Crippen molar-refractivity contribution in [3.8, 4) is 17.0 Å². The first-order chi connectivity index (χ1) is 17.7. The highest BCUT2D eigenvalue weighted by Crippen LogP contribution is 2.27. The Morgan fingerprint density at radius 3 is 2.68 bits per heavy atom. The molecule has 1 atom stereocenters. The van der Waals surface area contributed by atoms with E-state index in [0.29, 0.717) is 36.0 Å². The molecule has 4 rings (SSSR count). The van der Waals surface area contributed by atoms with Crippen molar-refractivity contribution in [3.63, 3.8) is 0 Å². The van der Waals surface area contributed by atoms with Gasteiger partial charge in [0, 0.05) is 31.7 Å². The molecule has 1 aromatic heterocycles. The van der Waals surface area contributed by atoms with Crippen molar-refractivity contribution in [2.75, 3.05) is 43.8 Å². The lowest BCUT2D eigenvalue weighted by Crippen LogP contribution is -2.42. The number of carbonyl (C=O) groups is 1. The summed E-state index contributed by atoms with van der Waals surface area (Å²) in [5, 5.41) is 13.8. The molecule has 1 aliphatic rings. The van der Waals surface area contributed by atoms with Crippen molar-refractivity contribution in [1.82, 2.24) is 15.2 Å².